The summed E-state index contributed by atoms with van der Waals surface area (Å²) in [6.45, 7) is 1.78. The fourth-order valence-corrected chi connectivity index (χ4v) is 1.28. The summed E-state index contributed by atoms with van der Waals surface area (Å²) >= 11 is 0. The minimum Gasteiger partial charge on any atom is -0.373 e. The van der Waals surface area contributed by atoms with E-state index in [4.69, 9.17) is 4.52 Å². The van der Waals surface area contributed by atoms with Crippen molar-refractivity contribution in [2.45, 2.75) is 6.92 Å². The first-order chi connectivity index (χ1) is 8.19. The van der Waals surface area contributed by atoms with Gasteiger partial charge in [0.15, 0.2) is 0 Å². The minimum atomic E-state index is -0.281. The highest BCUT2D eigenvalue weighted by molar-refractivity contribution is 6.03. The highest BCUT2D eigenvalue weighted by atomic mass is 16.5. The first-order valence-corrected chi connectivity index (χ1v) is 5.07. The molecule has 0 saturated heterocycles. The van der Waals surface area contributed by atoms with Crippen LogP contribution in [0.15, 0.2) is 28.9 Å². The topological polar surface area (TPSA) is 80.0 Å². The van der Waals surface area contributed by atoms with E-state index in [2.05, 4.69) is 20.8 Å². The van der Waals surface area contributed by atoms with Gasteiger partial charge in [0.1, 0.15) is 5.82 Å². The van der Waals surface area contributed by atoms with Crippen molar-refractivity contribution in [2.24, 2.45) is 0 Å². The second-order valence-electron chi connectivity index (χ2n) is 3.47. The Morgan fingerprint density at radius 1 is 1.41 bits per heavy atom. The lowest BCUT2D eigenvalue weighted by molar-refractivity contribution is 0.102. The lowest BCUT2D eigenvalue weighted by Crippen LogP contribution is -2.11. The van der Waals surface area contributed by atoms with Gasteiger partial charge in [0, 0.05) is 19.3 Å². The van der Waals surface area contributed by atoms with E-state index >= 15 is 0 Å². The molecule has 0 bridgehead atoms. The lowest BCUT2D eigenvalue weighted by Gasteiger charge is -2.02. The van der Waals surface area contributed by atoms with Crippen LogP contribution in [0.2, 0.25) is 0 Å². The zero-order valence-corrected chi connectivity index (χ0v) is 9.52. The number of hydrogen-bond donors (Lipinski definition) is 2. The maximum absolute atomic E-state index is 11.8. The molecule has 0 unspecified atom stereocenters. The summed E-state index contributed by atoms with van der Waals surface area (Å²) in [5.74, 6) is 0.749. The number of carbonyl (C=O) groups is 1. The van der Waals surface area contributed by atoms with Gasteiger partial charge < -0.3 is 9.84 Å². The molecule has 0 aliphatic heterocycles. The normalized spacial score (nSPS) is 10.0. The van der Waals surface area contributed by atoms with Crippen LogP contribution in [0.3, 0.4) is 0 Å². The summed E-state index contributed by atoms with van der Waals surface area (Å²) in [6, 6.07) is 5.05. The van der Waals surface area contributed by atoms with Gasteiger partial charge in [-0.15, -0.1) is 0 Å². The van der Waals surface area contributed by atoms with E-state index in [-0.39, 0.29) is 5.91 Å². The van der Waals surface area contributed by atoms with Crippen LogP contribution in [0.25, 0.3) is 0 Å². The molecule has 1 amide bonds. The number of amides is 1. The molecule has 2 heterocycles. The standard InChI is InChI=1S/C11H12N4O2/c1-7-5-10(17-15-7)14-11(16)8-3-4-9(12-2)13-6-8/h3-6H,1-2H3,(H,12,13)(H,14,16). The van der Waals surface area contributed by atoms with Crippen LogP contribution in [0.1, 0.15) is 16.1 Å². The number of aryl methyl sites for hydroxylation is 1. The summed E-state index contributed by atoms with van der Waals surface area (Å²) in [7, 11) is 1.76. The number of nitrogens with zero attached hydrogens (tertiary/aromatic N) is 2. The maximum atomic E-state index is 11.8. The molecule has 0 aliphatic rings. The Hall–Kier alpha value is -2.37. The van der Waals surface area contributed by atoms with Gasteiger partial charge in [0.2, 0.25) is 5.88 Å². The molecule has 0 aliphatic carbocycles. The van der Waals surface area contributed by atoms with E-state index in [0.717, 1.165) is 0 Å². The predicted molar refractivity (Wildman–Crippen MR) is 63.0 cm³/mol. The third kappa shape index (κ3) is 2.60. The third-order valence-corrected chi connectivity index (χ3v) is 2.15. The van der Waals surface area contributed by atoms with E-state index in [9.17, 15) is 4.79 Å². The van der Waals surface area contributed by atoms with Gasteiger partial charge in [-0.05, 0) is 19.1 Å². The lowest BCUT2D eigenvalue weighted by atomic mass is 10.2. The van der Waals surface area contributed by atoms with E-state index in [0.29, 0.717) is 23.0 Å². The van der Waals surface area contributed by atoms with Crippen molar-refractivity contribution >= 4 is 17.6 Å². The fraction of sp³-hybridized carbons (Fsp3) is 0.182. The summed E-state index contributed by atoms with van der Waals surface area (Å²) in [4.78, 5) is 15.8. The Balaban J connectivity index is 2.09. The summed E-state index contributed by atoms with van der Waals surface area (Å²) in [5, 5.41) is 9.14. The van der Waals surface area contributed by atoms with Gasteiger partial charge in [-0.2, -0.15) is 0 Å². The fourth-order valence-electron chi connectivity index (χ4n) is 1.28. The number of anilines is 2. The molecule has 0 aromatic carbocycles. The molecule has 2 N–H and O–H groups in total. The molecule has 0 spiro atoms. The van der Waals surface area contributed by atoms with E-state index in [1.807, 2.05) is 0 Å². The van der Waals surface area contributed by atoms with E-state index in [1.54, 1.807) is 32.2 Å². The van der Waals surface area contributed by atoms with Crippen LogP contribution in [-0.4, -0.2) is 23.1 Å². The van der Waals surface area contributed by atoms with Crippen molar-refractivity contribution < 1.29 is 9.32 Å². The van der Waals surface area contributed by atoms with Gasteiger partial charge in [-0.3, -0.25) is 10.1 Å². The largest absolute Gasteiger partial charge is 0.373 e. The molecule has 2 aromatic heterocycles. The van der Waals surface area contributed by atoms with Gasteiger partial charge in [0.05, 0.1) is 11.3 Å². The SMILES string of the molecule is CNc1ccc(C(=O)Nc2cc(C)no2)cn1. The molecule has 6 heteroatoms. The number of pyridine rings is 1. The first kappa shape index (κ1) is 11.1. The summed E-state index contributed by atoms with van der Waals surface area (Å²) in [6.07, 6.45) is 1.49. The molecule has 2 rings (SSSR count). The van der Waals surface area contributed by atoms with Crippen molar-refractivity contribution in [3.63, 3.8) is 0 Å². The minimum absolute atomic E-state index is 0.281. The maximum Gasteiger partial charge on any atom is 0.259 e. The Bertz CT molecular complexity index is 519. The predicted octanol–water partition coefficient (Wildman–Crippen LogP) is 1.67. The van der Waals surface area contributed by atoms with Crippen LogP contribution >= 0.6 is 0 Å². The number of nitrogens with one attached hydrogen (secondary N) is 2. The van der Waals surface area contributed by atoms with Crippen molar-refractivity contribution in [1.82, 2.24) is 10.1 Å². The molecule has 17 heavy (non-hydrogen) atoms. The number of rotatable bonds is 3. The quantitative estimate of drug-likeness (QED) is 0.841. The zero-order chi connectivity index (χ0) is 12.3. The van der Waals surface area contributed by atoms with Crippen molar-refractivity contribution in [3.8, 4) is 0 Å². The zero-order valence-electron chi connectivity index (χ0n) is 9.52. The molecular weight excluding hydrogens is 220 g/mol. The summed E-state index contributed by atoms with van der Waals surface area (Å²) < 4.78 is 4.89. The average Bonchev–Trinajstić information content (AvgIpc) is 2.75. The molecular formula is C11H12N4O2. The molecule has 0 saturated carbocycles. The number of hydrogen-bond acceptors (Lipinski definition) is 5. The average molecular weight is 232 g/mol. The molecule has 88 valence electrons. The van der Waals surface area contributed by atoms with Crippen molar-refractivity contribution in [3.05, 3.63) is 35.7 Å². The highest BCUT2D eigenvalue weighted by Crippen LogP contribution is 2.11. The van der Waals surface area contributed by atoms with E-state index in [1.165, 1.54) is 6.20 Å². The number of aromatic nitrogens is 2. The molecule has 0 radical (unpaired) electrons. The monoisotopic (exact) mass is 232 g/mol. The third-order valence-electron chi connectivity index (χ3n) is 2.15. The van der Waals surface area contributed by atoms with Gasteiger partial charge in [-0.1, -0.05) is 5.16 Å². The van der Waals surface area contributed by atoms with Crippen molar-refractivity contribution in [1.29, 1.82) is 0 Å². The van der Waals surface area contributed by atoms with Gasteiger partial charge in [0.25, 0.3) is 5.91 Å². The van der Waals surface area contributed by atoms with Gasteiger partial charge in [-0.25, -0.2) is 4.98 Å². The molecule has 0 atom stereocenters. The molecule has 0 fully saturated rings. The Morgan fingerprint density at radius 2 is 2.24 bits per heavy atom. The Labute approximate surface area is 98.0 Å². The summed E-state index contributed by atoms with van der Waals surface area (Å²) in [5.41, 5.74) is 1.17. The van der Waals surface area contributed by atoms with Crippen LogP contribution < -0.4 is 10.6 Å². The van der Waals surface area contributed by atoms with Crippen LogP contribution in [0.5, 0.6) is 0 Å². The Morgan fingerprint density at radius 3 is 2.76 bits per heavy atom. The number of carbonyl (C=O) groups excluding carboxylic acids is 1. The second kappa shape index (κ2) is 4.65. The van der Waals surface area contributed by atoms with Crippen LogP contribution in [0.4, 0.5) is 11.7 Å². The van der Waals surface area contributed by atoms with Crippen molar-refractivity contribution in [2.75, 3.05) is 17.7 Å². The van der Waals surface area contributed by atoms with Crippen LogP contribution in [0, 0.1) is 6.92 Å². The van der Waals surface area contributed by atoms with E-state index < -0.39 is 0 Å². The Kier molecular flexibility index (Phi) is 3.04. The molecule has 2 aromatic rings. The van der Waals surface area contributed by atoms with Gasteiger partial charge >= 0.3 is 0 Å². The highest BCUT2D eigenvalue weighted by Gasteiger charge is 2.09. The van der Waals surface area contributed by atoms with Crippen LogP contribution in [-0.2, 0) is 0 Å². The smallest absolute Gasteiger partial charge is 0.259 e. The second-order valence-corrected chi connectivity index (χ2v) is 3.47. The first-order valence-electron chi connectivity index (χ1n) is 5.07. The molecule has 6 nitrogen and oxygen atoms in total.